The van der Waals surface area contributed by atoms with Crippen LogP contribution in [0.5, 0.6) is 0 Å². The topological polar surface area (TPSA) is 111 Å². The van der Waals surface area contributed by atoms with Crippen molar-refractivity contribution in [3.05, 3.63) is 54.1 Å². The van der Waals surface area contributed by atoms with E-state index in [2.05, 4.69) is 5.32 Å². The fourth-order valence-electron chi connectivity index (χ4n) is 2.48. The Hall–Kier alpha value is -2.19. The van der Waals surface area contributed by atoms with Crippen LogP contribution in [0.25, 0.3) is 0 Å². The molecule has 0 unspecified atom stereocenters. The van der Waals surface area contributed by atoms with Gasteiger partial charge in [0.25, 0.3) is 10.0 Å². The zero-order valence-corrected chi connectivity index (χ0v) is 19.3. The summed E-state index contributed by atoms with van der Waals surface area (Å²) in [5, 5.41) is 2.78. The zero-order valence-electron chi connectivity index (χ0n) is 17.6. The summed E-state index contributed by atoms with van der Waals surface area (Å²) in [6.45, 7) is 8.85. The lowest BCUT2D eigenvalue weighted by Crippen LogP contribution is -2.34. The number of carbonyl (C=O) groups is 1. The maximum atomic E-state index is 13.1. The van der Waals surface area contributed by atoms with Gasteiger partial charge in [0.2, 0.25) is 0 Å². The third-order valence-corrected chi connectivity index (χ3v) is 7.37. The summed E-state index contributed by atoms with van der Waals surface area (Å²) in [5.74, 6) is 0. The van der Waals surface area contributed by atoms with Gasteiger partial charge in [0.15, 0.2) is 0 Å². The highest BCUT2D eigenvalue weighted by atomic mass is 32.2. The van der Waals surface area contributed by atoms with Gasteiger partial charge in [-0.3, -0.25) is 4.57 Å². The first-order valence-corrected chi connectivity index (χ1v) is 12.4. The van der Waals surface area contributed by atoms with Crippen LogP contribution in [0.3, 0.4) is 0 Å². The lowest BCUT2D eigenvalue weighted by Gasteiger charge is -2.23. The Bertz CT molecular complexity index is 1000. The average molecular weight is 454 g/mol. The molecule has 8 nitrogen and oxygen atoms in total. The fourth-order valence-corrected chi connectivity index (χ4v) is 5.31. The summed E-state index contributed by atoms with van der Waals surface area (Å²) in [6.07, 6.45) is -0.629. The summed E-state index contributed by atoms with van der Waals surface area (Å²) in [4.78, 5) is 12.1. The third-order valence-electron chi connectivity index (χ3n) is 3.70. The molecule has 0 atom stereocenters. The van der Waals surface area contributed by atoms with Crippen LogP contribution in [0.15, 0.2) is 53.4 Å². The van der Waals surface area contributed by atoms with E-state index in [0.717, 1.165) is 5.56 Å². The molecule has 2 amide bonds. The van der Waals surface area contributed by atoms with Crippen LogP contribution < -0.4 is 15.3 Å². The molecule has 0 saturated carbocycles. The highest BCUT2D eigenvalue weighted by Gasteiger charge is 2.30. The van der Waals surface area contributed by atoms with E-state index in [0.29, 0.717) is 11.0 Å². The van der Waals surface area contributed by atoms with E-state index < -0.39 is 23.7 Å². The van der Waals surface area contributed by atoms with Crippen molar-refractivity contribution in [2.45, 2.75) is 51.7 Å². The maximum Gasteiger partial charge on any atom is 0.361 e. The predicted octanol–water partition coefficient (Wildman–Crippen LogP) is 4.17. The minimum absolute atomic E-state index is 0.0174. The van der Waals surface area contributed by atoms with Gasteiger partial charge in [-0.15, -0.1) is 0 Å². The molecule has 2 aromatic carbocycles. The molecule has 0 aromatic heterocycles. The maximum absolute atomic E-state index is 13.1. The molecule has 2 aromatic rings. The monoisotopic (exact) mass is 454 g/mol. The van der Waals surface area contributed by atoms with Gasteiger partial charge in [-0.2, -0.15) is 0 Å². The van der Waals surface area contributed by atoms with Crippen molar-refractivity contribution in [1.82, 2.24) is 4.72 Å². The predicted molar refractivity (Wildman–Crippen MR) is 117 cm³/mol. The molecular weight excluding hydrogens is 427 g/mol. The van der Waals surface area contributed by atoms with Crippen LogP contribution >= 0.6 is 7.60 Å². The second kappa shape index (κ2) is 9.75. The summed E-state index contributed by atoms with van der Waals surface area (Å²) >= 11 is 0. The number of sulfonamides is 1. The van der Waals surface area contributed by atoms with Gasteiger partial charge < -0.3 is 14.4 Å². The number of hydrogen-bond acceptors (Lipinski definition) is 6. The number of rotatable bonds is 8. The number of nitrogens with one attached hydrogen (secondary N) is 2. The Kier molecular flexibility index (Phi) is 7.82. The first-order chi connectivity index (χ1) is 13.9. The fraction of sp³-hybridized carbons (Fsp3) is 0.350. The molecular formula is C20H27N2O6PS. The van der Waals surface area contributed by atoms with Crippen molar-refractivity contribution >= 4 is 34.6 Å². The molecule has 2 rings (SSSR count). The molecule has 2 N–H and O–H groups in total. The van der Waals surface area contributed by atoms with Crippen LogP contribution in [-0.2, 0) is 23.6 Å². The number of urea groups is 1. The first kappa shape index (κ1) is 24.1. The molecule has 0 aliphatic heterocycles. The van der Waals surface area contributed by atoms with Crippen LogP contribution in [0.4, 0.5) is 10.5 Å². The van der Waals surface area contributed by atoms with Crippen molar-refractivity contribution < 1.29 is 26.8 Å². The van der Waals surface area contributed by atoms with E-state index in [-0.39, 0.29) is 17.1 Å². The second-order valence-electron chi connectivity index (χ2n) is 7.23. The Morgan fingerprint density at radius 2 is 1.40 bits per heavy atom. The Morgan fingerprint density at radius 3 is 1.87 bits per heavy atom. The van der Waals surface area contributed by atoms with Gasteiger partial charge in [-0.05, 0) is 71.0 Å². The zero-order chi connectivity index (χ0) is 22.5. The van der Waals surface area contributed by atoms with Crippen LogP contribution in [0.2, 0.25) is 0 Å². The Labute approximate surface area is 177 Å². The minimum Gasteiger partial charge on any atom is -0.307 e. The highest BCUT2D eigenvalue weighted by molar-refractivity contribution is 7.90. The van der Waals surface area contributed by atoms with E-state index >= 15 is 0 Å². The minimum atomic E-state index is -4.00. The van der Waals surface area contributed by atoms with Gasteiger partial charge in [0.1, 0.15) is 0 Å². The number of aryl methyl sites for hydroxylation is 1. The van der Waals surface area contributed by atoms with E-state index in [1.165, 1.54) is 36.4 Å². The van der Waals surface area contributed by atoms with E-state index in [1.807, 2.05) is 11.6 Å². The SMILES string of the molecule is Cc1ccc(S(=O)(=O)NC(=O)Nc2ccc(P(=O)(OC(C)C)OC(C)C)cc2)cc1. The second-order valence-corrected chi connectivity index (χ2v) is 10.8. The van der Waals surface area contributed by atoms with E-state index in [1.54, 1.807) is 39.8 Å². The summed E-state index contributed by atoms with van der Waals surface area (Å²) in [6, 6.07) is 11.2. The van der Waals surface area contributed by atoms with Crippen molar-refractivity contribution in [3.63, 3.8) is 0 Å². The van der Waals surface area contributed by atoms with Gasteiger partial charge in [-0.1, -0.05) is 17.7 Å². The van der Waals surface area contributed by atoms with Crippen molar-refractivity contribution in [2.24, 2.45) is 0 Å². The van der Waals surface area contributed by atoms with Crippen molar-refractivity contribution in [1.29, 1.82) is 0 Å². The van der Waals surface area contributed by atoms with E-state index in [9.17, 15) is 17.8 Å². The molecule has 0 fully saturated rings. The van der Waals surface area contributed by atoms with Gasteiger partial charge in [0, 0.05) is 5.69 Å². The molecule has 0 radical (unpaired) electrons. The molecule has 0 saturated heterocycles. The quantitative estimate of drug-likeness (QED) is 0.579. The van der Waals surface area contributed by atoms with Crippen LogP contribution in [-0.4, -0.2) is 26.7 Å². The lowest BCUT2D eigenvalue weighted by atomic mass is 10.2. The number of hydrogen-bond donors (Lipinski definition) is 2. The molecule has 0 aliphatic carbocycles. The number of anilines is 1. The summed E-state index contributed by atoms with van der Waals surface area (Å²) in [7, 11) is -7.54. The first-order valence-electron chi connectivity index (χ1n) is 9.39. The lowest BCUT2D eigenvalue weighted by molar-refractivity contribution is 0.150. The number of carbonyl (C=O) groups excluding carboxylic acids is 1. The smallest absolute Gasteiger partial charge is 0.307 e. The highest BCUT2D eigenvalue weighted by Crippen LogP contribution is 2.49. The Morgan fingerprint density at radius 1 is 0.900 bits per heavy atom. The largest absolute Gasteiger partial charge is 0.361 e. The molecule has 0 aliphatic rings. The molecule has 164 valence electrons. The van der Waals surface area contributed by atoms with Crippen molar-refractivity contribution in [3.8, 4) is 0 Å². The number of amides is 2. The van der Waals surface area contributed by atoms with Gasteiger partial charge in [0.05, 0.1) is 22.4 Å². The normalized spacial score (nSPS) is 12.2. The van der Waals surface area contributed by atoms with Crippen molar-refractivity contribution in [2.75, 3.05) is 5.32 Å². The Balaban J connectivity index is 2.11. The molecule has 0 bridgehead atoms. The van der Waals surface area contributed by atoms with Gasteiger partial charge >= 0.3 is 13.6 Å². The van der Waals surface area contributed by atoms with Crippen LogP contribution in [0, 0.1) is 6.92 Å². The summed E-state index contributed by atoms with van der Waals surface area (Å²) in [5.41, 5.74) is 1.22. The third kappa shape index (κ3) is 6.67. The molecule has 10 heteroatoms. The summed E-state index contributed by atoms with van der Waals surface area (Å²) < 4.78 is 50.7. The van der Waals surface area contributed by atoms with Crippen LogP contribution in [0.1, 0.15) is 33.3 Å². The van der Waals surface area contributed by atoms with Gasteiger partial charge in [-0.25, -0.2) is 17.9 Å². The van der Waals surface area contributed by atoms with E-state index in [4.69, 9.17) is 9.05 Å². The molecule has 30 heavy (non-hydrogen) atoms. The standard InChI is InChI=1S/C20H27N2O6PS/c1-14(2)27-29(24,28-15(3)4)18-10-8-17(9-11-18)21-20(23)22-30(25,26)19-12-6-16(5)7-13-19/h6-15H,1-5H3,(H2,21,22,23). The molecule has 0 spiro atoms. The molecule has 0 heterocycles. The number of benzene rings is 2. The average Bonchev–Trinajstić information content (AvgIpc) is 2.60.